The standard InChI is InChI=1S/C17H25N3O/c18-15-8-6-13(7-9-15)17(21)19-12-14-4-3-11-20-10-2-1-5-16(14)20/h6-9,14,16H,1-5,10-12,18H2,(H,19,21)/t14-,16+/m1/s1. The Balaban J connectivity index is 1.56. The van der Waals surface area contributed by atoms with Crippen LogP contribution < -0.4 is 11.1 Å². The van der Waals surface area contributed by atoms with Gasteiger partial charge in [-0.25, -0.2) is 0 Å². The van der Waals surface area contributed by atoms with Gasteiger partial charge in [0.1, 0.15) is 0 Å². The maximum Gasteiger partial charge on any atom is 0.251 e. The third kappa shape index (κ3) is 3.38. The third-order valence-corrected chi connectivity index (χ3v) is 4.93. The number of nitrogens with one attached hydrogen (secondary N) is 1. The summed E-state index contributed by atoms with van der Waals surface area (Å²) >= 11 is 0. The molecule has 0 spiro atoms. The number of hydrogen-bond donors (Lipinski definition) is 2. The van der Waals surface area contributed by atoms with E-state index in [0.29, 0.717) is 23.2 Å². The molecule has 2 heterocycles. The molecule has 3 N–H and O–H groups in total. The maximum atomic E-state index is 12.2. The van der Waals surface area contributed by atoms with Crippen LogP contribution in [0.2, 0.25) is 0 Å². The predicted octanol–water partition coefficient (Wildman–Crippen LogP) is 2.26. The quantitative estimate of drug-likeness (QED) is 0.838. The third-order valence-electron chi connectivity index (χ3n) is 4.93. The van der Waals surface area contributed by atoms with Crippen LogP contribution in [0.4, 0.5) is 5.69 Å². The summed E-state index contributed by atoms with van der Waals surface area (Å²) < 4.78 is 0. The molecule has 0 bridgehead atoms. The monoisotopic (exact) mass is 287 g/mol. The van der Waals surface area contributed by atoms with E-state index >= 15 is 0 Å². The Morgan fingerprint density at radius 3 is 2.71 bits per heavy atom. The lowest BCUT2D eigenvalue weighted by Crippen LogP contribution is -2.51. The average molecular weight is 287 g/mol. The van der Waals surface area contributed by atoms with E-state index in [9.17, 15) is 4.79 Å². The van der Waals surface area contributed by atoms with Gasteiger partial charge in [-0.05, 0) is 69.0 Å². The zero-order valence-corrected chi connectivity index (χ0v) is 12.6. The number of benzene rings is 1. The molecule has 4 nitrogen and oxygen atoms in total. The van der Waals surface area contributed by atoms with E-state index in [0.717, 1.165) is 6.54 Å². The number of amides is 1. The van der Waals surface area contributed by atoms with E-state index in [4.69, 9.17) is 5.73 Å². The van der Waals surface area contributed by atoms with Crippen LogP contribution in [-0.2, 0) is 0 Å². The SMILES string of the molecule is Nc1ccc(C(=O)NC[C@H]2CCCN3CCCC[C@@H]23)cc1. The Morgan fingerprint density at radius 2 is 1.90 bits per heavy atom. The number of nitrogens with zero attached hydrogens (tertiary/aromatic N) is 1. The topological polar surface area (TPSA) is 58.4 Å². The van der Waals surface area contributed by atoms with E-state index in [2.05, 4.69) is 10.2 Å². The summed E-state index contributed by atoms with van der Waals surface area (Å²) in [5.41, 5.74) is 7.04. The van der Waals surface area contributed by atoms with Gasteiger partial charge in [0.25, 0.3) is 5.91 Å². The lowest BCUT2D eigenvalue weighted by molar-refractivity contribution is 0.0575. The number of carbonyl (C=O) groups is 1. The van der Waals surface area contributed by atoms with E-state index in [1.165, 1.54) is 45.2 Å². The summed E-state index contributed by atoms with van der Waals surface area (Å²) in [5.74, 6) is 0.625. The van der Waals surface area contributed by atoms with Crippen LogP contribution in [-0.4, -0.2) is 36.5 Å². The summed E-state index contributed by atoms with van der Waals surface area (Å²) in [5, 5.41) is 3.11. The van der Waals surface area contributed by atoms with Gasteiger partial charge in [0, 0.05) is 23.8 Å². The highest BCUT2D eigenvalue weighted by molar-refractivity contribution is 5.94. The molecule has 3 rings (SSSR count). The fourth-order valence-electron chi connectivity index (χ4n) is 3.78. The zero-order chi connectivity index (χ0) is 14.7. The molecule has 2 aliphatic rings. The summed E-state index contributed by atoms with van der Waals surface area (Å²) in [6, 6.07) is 7.81. The molecule has 0 saturated carbocycles. The van der Waals surface area contributed by atoms with Gasteiger partial charge in [0.2, 0.25) is 0 Å². The number of nitrogen functional groups attached to an aromatic ring is 1. The Hall–Kier alpha value is -1.55. The lowest BCUT2D eigenvalue weighted by Gasteiger charge is -2.44. The number of rotatable bonds is 3. The summed E-state index contributed by atoms with van der Waals surface area (Å²) in [7, 11) is 0. The summed E-state index contributed by atoms with van der Waals surface area (Å²) in [6.07, 6.45) is 6.47. The first-order valence-corrected chi connectivity index (χ1v) is 8.12. The van der Waals surface area contributed by atoms with E-state index < -0.39 is 0 Å². The van der Waals surface area contributed by atoms with Crippen molar-refractivity contribution < 1.29 is 4.79 Å². The van der Waals surface area contributed by atoms with Gasteiger partial charge in [-0.2, -0.15) is 0 Å². The molecule has 2 fully saturated rings. The highest BCUT2D eigenvalue weighted by Crippen LogP contribution is 2.30. The molecule has 0 radical (unpaired) electrons. The smallest absolute Gasteiger partial charge is 0.251 e. The van der Waals surface area contributed by atoms with Crippen molar-refractivity contribution in [1.82, 2.24) is 10.2 Å². The fraction of sp³-hybridized carbons (Fsp3) is 0.588. The maximum absolute atomic E-state index is 12.2. The van der Waals surface area contributed by atoms with Crippen molar-refractivity contribution in [2.24, 2.45) is 5.92 Å². The largest absolute Gasteiger partial charge is 0.399 e. The molecule has 4 heteroatoms. The molecule has 0 aromatic heterocycles. The highest BCUT2D eigenvalue weighted by Gasteiger charge is 2.32. The number of carbonyl (C=O) groups excluding carboxylic acids is 1. The molecule has 0 unspecified atom stereocenters. The average Bonchev–Trinajstić information content (AvgIpc) is 2.53. The van der Waals surface area contributed by atoms with Gasteiger partial charge in [-0.3, -0.25) is 4.79 Å². The van der Waals surface area contributed by atoms with Crippen molar-refractivity contribution in [3.05, 3.63) is 29.8 Å². The minimum Gasteiger partial charge on any atom is -0.399 e. The predicted molar refractivity (Wildman–Crippen MR) is 85.1 cm³/mol. The van der Waals surface area contributed by atoms with Crippen LogP contribution in [0.25, 0.3) is 0 Å². The number of nitrogens with two attached hydrogens (primary N) is 1. The second kappa shape index (κ2) is 6.48. The van der Waals surface area contributed by atoms with E-state index in [1.54, 1.807) is 24.3 Å². The van der Waals surface area contributed by atoms with Crippen molar-refractivity contribution in [3.8, 4) is 0 Å². The summed E-state index contributed by atoms with van der Waals surface area (Å²) in [6.45, 7) is 3.28. The van der Waals surface area contributed by atoms with Crippen LogP contribution in [0.1, 0.15) is 42.5 Å². The van der Waals surface area contributed by atoms with Gasteiger partial charge in [0.05, 0.1) is 0 Å². The Kier molecular flexibility index (Phi) is 4.44. The molecule has 0 aliphatic carbocycles. The Morgan fingerprint density at radius 1 is 1.14 bits per heavy atom. The minimum absolute atomic E-state index is 0.0166. The minimum atomic E-state index is 0.0166. The molecule has 114 valence electrons. The number of fused-ring (bicyclic) bond motifs is 1. The molecule has 1 aromatic rings. The first-order chi connectivity index (χ1) is 10.2. The molecule has 21 heavy (non-hydrogen) atoms. The molecule has 2 aliphatic heterocycles. The van der Waals surface area contributed by atoms with Gasteiger partial charge < -0.3 is 16.0 Å². The van der Waals surface area contributed by atoms with Crippen LogP contribution >= 0.6 is 0 Å². The van der Waals surface area contributed by atoms with Crippen LogP contribution in [0.5, 0.6) is 0 Å². The molecule has 2 saturated heterocycles. The number of hydrogen-bond acceptors (Lipinski definition) is 3. The van der Waals surface area contributed by atoms with Gasteiger partial charge >= 0.3 is 0 Å². The molecular weight excluding hydrogens is 262 g/mol. The van der Waals surface area contributed by atoms with Crippen LogP contribution in [0.3, 0.4) is 0 Å². The van der Waals surface area contributed by atoms with Crippen molar-refractivity contribution in [1.29, 1.82) is 0 Å². The molecule has 1 aromatic carbocycles. The van der Waals surface area contributed by atoms with Crippen molar-refractivity contribution in [3.63, 3.8) is 0 Å². The van der Waals surface area contributed by atoms with Crippen molar-refractivity contribution in [2.45, 2.75) is 38.1 Å². The first kappa shape index (κ1) is 14.4. The molecule has 1 amide bonds. The fourth-order valence-corrected chi connectivity index (χ4v) is 3.78. The second-order valence-corrected chi connectivity index (χ2v) is 6.33. The molecular formula is C17H25N3O. The number of piperidine rings is 2. The second-order valence-electron chi connectivity index (χ2n) is 6.33. The van der Waals surface area contributed by atoms with E-state index in [1.807, 2.05) is 0 Å². The van der Waals surface area contributed by atoms with Crippen molar-refractivity contribution >= 4 is 11.6 Å². The summed E-state index contributed by atoms with van der Waals surface area (Å²) in [4.78, 5) is 14.8. The Labute approximate surface area is 126 Å². The van der Waals surface area contributed by atoms with Crippen LogP contribution in [0.15, 0.2) is 24.3 Å². The lowest BCUT2D eigenvalue weighted by atomic mass is 9.83. The zero-order valence-electron chi connectivity index (χ0n) is 12.6. The van der Waals surface area contributed by atoms with Gasteiger partial charge in [-0.15, -0.1) is 0 Å². The first-order valence-electron chi connectivity index (χ1n) is 8.12. The van der Waals surface area contributed by atoms with E-state index in [-0.39, 0.29) is 5.91 Å². The van der Waals surface area contributed by atoms with Gasteiger partial charge in [-0.1, -0.05) is 6.42 Å². The van der Waals surface area contributed by atoms with Crippen LogP contribution in [0, 0.1) is 5.92 Å². The number of anilines is 1. The van der Waals surface area contributed by atoms with Gasteiger partial charge in [0.15, 0.2) is 0 Å². The molecule has 2 atom stereocenters. The highest BCUT2D eigenvalue weighted by atomic mass is 16.1. The van der Waals surface area contributed by atoms with Crippen molar-refractivity contribution in [2.75, 3.05) is 25.4 Å². The Bertz CT molecular complexity index is 483. The normalized spacial score (nSPS) is 26.1.